The van der Waals surface area contributed by atoms with E-state index in [1.54, 1.807) is 14.2 Å². The largest absolute Gasteiger partial charge is 0.493 e. The van der Waals surface area contributed by atoms with E-state index in [9.17, 15) is 4.79 Å². The molecule has 1 amide bonds. The van der Waals surface area contributed by atoms with E-state index in [0.717, 1.165) is 43.4 Å². The Morgan fingerprint density at radius 3 is 2.59 bits per heavy atom. The predicted molar refractivity (Wildman–Crippen MR) is 106 cm³/mol. The van der Waals surface area contributed by atoms with E-state index in [1.165, 1.54) is 0 Å². The first-order chi connectivity index (χ1) is 13.0. The van der Waals surface area contributed by atoms with Crippen LogP contribution >= 0.6 is 0 Å². The van der Waals surface area contributed by atoms with E-state index in [2.05, 4.69) is 20.5 Å². The molecule has 0 aliphatic carbocycles. The predicted octanol–water partition coefficient (Wildman–Crippen LogP) is 0.577. The minimum absolute atomic E-state index is 0.0581. The zero-order chi connectivity index (χ0) is 19.6. The van der Waals surface area contributed by atoms with Gasteiger partial charge in [0.1, 0.15) is 6.10 Å². The van der Waals surface area contributed by atoms with Gasteiger partial charge in [0.2, 0.25) is 5.91 Å². The Bertz CT molecular complexity index is 630. The van der Waals surface area contributed by atoms with Crippen LogP contribution in [0, 0.1) is 0 Å². The third-order valence-corrected chi connectivity index (χ3v) is 4.49. The number of aliphatic imine (C=N–C) groups is 1. The van der Waals surface area contributed by atoms with Crippen molar-refractivity contribution in [2.45, 2.75) is 31.9 Å². The summed E-state index contributed by atoms with van der Waals surface area (Å²) >= 11 is 0. The van der Waals surface area contributed by atoms with Crippen LogP contribution < -0.4 is 25.8 Å². The highest BCUT2D eigenvalue weighted by Gasteiger charge is 2.21. The van der Waals surface area contributed by atoms with Crippen LogP contribution in [0.2, 0.25) is 0 Å². The topological polar surface area (TPSA) is 101 Å². The lowest BCUT2D eigenvalue weighted by Gasteiger charge is -2.32. The number of guanidine groups is 1. The molecule has 0 radical (unpaired) electrons. The maximum atomic E-state index is 11.0. The maximum Gasteiger partial charge on any atom is 0.231 e. The molecule has 1 aliphatic heterocycles. The number of piperidine rings is 1. The number of methoxy groups -OCH3 is 1. The molecule has 27 heavy (non-hydrogen) atoms. The van der Waals surface area contributed by atoms with Crippen molar-refractivity contribution in [1.82, 2.24) is 15.5 Å². The molecule has 0 spiro atoms. The molecule has 1 aliphatic rings. The van der Waals surface area contributed by atoms with Gasteiger partial charge >= 0.3 is 0 Å². The molecule has 2 rings (SSSR count). The number of carbonyl (C=O) groups excluding carboxylic acids is 1. The molecular weight excluding hydrogens is 346 g/mol. The van der Waals surface area contributed by atoms with Crippen molar-refractivity contribution >= 4 is 11.9 Å². The van der Waals surface area contributed by atoms with Gasteiger partial charge in [-0.15, -0.1) is 0 Å². The van der Waals surface area contributed by atoms with Gasteiger partial charge in [0, 0.05) is 26.2 Å². The molecule has 4 N–H and O–H groups in total. The van der Waals surface area contributed by atoms with Crippen molar-refractivity contribution in [2.24, 2.45) is 10.7 Å². The maximum absolute atomic E-state index is 11.0. The second-order valence-electron chi connectivity index (χ2n) is 6.69. The lowest BCUT2D eigenvalue weighted by molar-refractivity contribution is -0.119. The number of nitrogens with zero attached hydrogens (tertiary/aromatic N) is 2. The minimum atomic E-state index is -0.275. The molecule has 1 unspecified atom stereocenters. The molecule has 0 aromatic heterocycles. The molecule has 0 bridgehead atoms. The Labute approximate surface area is 161 Å². The first kappa shape index (κ1) is 20.8. The molecule has 1 saturated heterocycles. The molecule has 1 fully saturated rings. The number of rotatable bonds is 8. The first-order valence-electron chi connectivity index (χ1n) is 9.29. The molecule has 8 heteroatoms. The summed E-state index contributed by atoms with van der Waals surface area (Å²) < 4.78 is 11.3. The van der Waals surface area contributed by atoms with Crippen molar-refractivity contribution in [3.63, 3.8) is 0 Å². The second-order valence-corrected chi connectivity index (χ2v) is 6.69. The highest BCUT2D eigenvalue weighted by molar-refractivity contribution is 5.80. The van der Waals surface area contributed by atoms with Crippen molar-refractivity contribution in [1.29, 1.82) is 0 Å². The summed E-state index contributed by atoms with van der Waals surface area (Å²) in [6.07, 6.45) is 1.83. The van der Waals surface area contributed by atoms with Gasteiger partial charge in [-0.1, -0.05) is 12.1 Å². The first-order valence-corrected chi connectivity index (χ1v) is 9.29. The lowest BCUT2D eigenvalue weighted by atomic mass is 10.1. The van der Waals surface area contributed by atoms with Crippen LogP contribution in [0.5, 0.6) is 11.5 Å². The number of hydrogen-bond donors (Lipinski definition) is 3. The minimum Gasteiger partial charge on any atom is -0.493 e. The fraction of sp³-hybridized carbons (Fsp3) is 0.579. The molecule has 0 saturated carbocycles. The van der Waals surface area contributed by atoms with Gasteiger partial charge in [-0.3, -0.25) is 14.7 Å². The third kappa shape index (κ3) is 6.97. The average Bonchev–Trinajstić information content (AvgIpc) is 2.66. The summed E-state index contributed by atoms with van der Waals surface area (Å²) in [5.41, 5.74) is 5.26. The fourth-order valence-corrected chi connectivity index (χ4v) is 3.06. The SMILES string of the molecule is CN=C(NCC(C)Oc1ccccc1OC)NC1CCN(CC(N)=O)CC1. The van der Waals surface area contributed by atoms with Gasteiger partial charge in [-0.2, -0.15) is 0 Å². The number of ether oxygens (including phenoxy) is 2. The van der Waals surface area contributed by atoms with Gasteiger partial charge in [0.05, 0.1) is 20.2 Å². The van der Waals surface area contributed by atoms with Crippen molar-refractivity contribution in [2.75, 3.05) is 40.3 Å². The smallest absolute Gasteiger partial charge is 0.231 e. The zero-order valence-electron chi connectivity index (χ0n) is 16.4. The summed E-state index contributed by atoms with van der Waals surface area (Å²) in [4.78, 5) is 17.4. The highest BCUT2D eigenvalue weighted by atomic mass is 16.5. The van der Waals surface area contributed by atoms with Crippen LogP contribution in [-0.2, 0) is 4.79 Å². The zero-order valence-corrected chi connectivity index (χ0v) is 16.4. The monoisotopic (exact) mass is 377 g/mol. The van der Waals surface area contributed by atoms with Crippen LogP contribution in [-0.4, -0.2) is 69.2 Å². The van der Waals surface area contributed by atoms with Gasteiger partial charge in [0.15, 0.2) is 17.5 Å². The number of hydrogen-bond acceptors (Lipinski definition) is 5. The van der Waals surface area contributed by atoms with E-state index >= 15 is 0 Å². The molecule has 1 aromatic carbocycles. The standard InChI is InChI=1S/C19H31N5O3/c1-14(27-17-7-5-4-6-16(17)26-3)12-22-19(21-2)23-15-8-10-24(11-9-15)13-18(20)25/h4-7,14-15H,8-13H2,1-3H3,(H2,20,25)(H2,21,22,23). The van der Waals surface area contributed by atoms with Crippen molar-refractivity contribution < 1.29 is 14.3 Å². The van der Waals surface area contributed by atoms with Gasteiger partial charge in [-0.25, -0.2) is 0 Å². The third-order valence-electron chi connectivity index (χ3n) is 4.49. The van der Waals surface area contributed by atoms with Crippen LogP contribution in [0.3, 0.4) is 0 Å². The Kier molecular flexibility index (Phi) is 8.19. The highest BCUT2D eigenvalue weighted by Crippen LogP contribution is 2.26. The van der Waals surface area contributed by atoms with Crippen LogP contribution in [0.25, 0.3) is 0 Å². The molecule has 1 heterocycles. The quantitative estimate of drug-likeness (QED) is 0.452. The number of nitrogens with two attached hydrogens (primary N) is 1. The van der Waals surface area contributed by atoms with E-state index in [4.69, 9.17) is 15.2 Å². The molecule has 1 aromatic rings. The normalized spacial score (nSPS) is 17.2. The van der Waals surface area contributed by atoms with Crippen molar-refractivity contribution in [3.8, 4) is 11.5 Å². The van der Waals surface area contributed by atoms with E-state index in [-0.39, 0.29) is 12.0 Å². The Balaban J connectivity index is 1.75. The molecular formula is C19H31N5O3. The number of para-hydroxylation sites is 2. The Morgan fingerprint density at radius 1 is 1.33 bits per heavy atom. The summed E-state index contributed by atoms with van der Waals surface area (Å²) in [6.45, 7) is 4.64. The summed E-state index contributed by atoms with van der Waals surface area (Å²) in [7, 11) is 3.38. The molecule has 1 atom stereocenters. The number of nitrogens with one attached hydrogen (secondary N) is 2. The van der Waals surface area contributed by atoms with E-state index < -0.39 is 0 Å². The lowest BCUT2D eigenvalue weighted by Crippen LogP contribution is -2.50. The van der Waals surface area contributed by atoms with Gasteiger partial charge in [-0.05, 0) is 31.9 Å². The molecule has 8 nitrogen and oxygen atoms in total. The number of likely N-dealkylation sites (tertiary alicyclic amines) is 1. The van der Waals surface area contributed by atoms with Gasteiger partial charge < -0.3 is 25.8 Å². The Morgan fingerprint density at radius 2 is 2.00 bits per heavy atom. The van der Waals surface area contributed by atoms with Crippen molar-refractivity contribution in [3.05, 3.63) is 24.3 Å². The number of amides is 1. The van der Waals surface area contributed by atoms with E-state index in [1.807, 2.05) is 31.2 Å². The number of benzene rings is 1. The van der Waals surface area contributed by atoms with E-state index in [0.29, 0.717) is 19.1 Å². The van der Waals surface area contributed by atoms with Gasteiger partial charge in [0.25, 0.3) is 0 Å². The van der Waals surface area contributed by atoms with Crippen LogP contribution in [0.1, 0.15) is 19.8 Å². The van der Waals surface area contributed by atoms with Crippen LogP contribution in [0.15, 0.2) is 29.3 Å². The summed E-state index contributed by atoms with van der Waals surface area (Å²) in [5, 5.41) is 6.74. The summed E-state index contributed by atoms with van der Waals surface area (Å²) in [6, 6.07) is 7.92. The molecule has 150 valence electrons. The number of primary amides is 1. The fourth-order valence-electron chi connectivity index (χ4n) is 3.06. The van der Waals surface area contributed by atoms with Crippen LogP contribution in [0.4, 0.5) is 0 Å². The second kappa shape index (κ2) is 10.6. The Hall–Kier alpha value is -2.48. The average molecular weight is 377 g/mol. The summed E-state index contributed by atoms with van der Waals surface area (Å²) in [5.74, 6) is 1.91. The number of carbonyl (C=O) groups is 1.